The Morgan fingerprint density at radius 2 is 2.29 bits per heavy atom. The Bertz CT molecular complexity index is 307. The first-order chi connectivity index (χ1) is 8.24. The molecule has 2 rings (SSSR count). The molecule has 0 bridgehead atoms. The van der Waals surface area contributed by atoms with Gasteiger partial charge in [0.2, 0.25) is 0 Å². The van der Waals surface area contributed by atoms with Crippen molar-refractivity contribution in [3.8, 4) is 0 Å². The maximum absolute atomic E-state index is 4.20. The van der Waals surface area contributed by atoms with Crippen LogP contribution in [0.4, 0.5) is 0 Å². The van der Waals surface area contributed by atoms with Crippen molar-refractivity contribution in [2.45, 2.75) is 39.7 Å². The molecule has 1 aliphatic heterocycles. The molecule has 1 fully saturated rings. The van der Waals surface area contributed by atoms with Gasteiger partial charge in [-0.05, 0) is 44.2 Å². The summed E-state index contributed by atoms with van der Waals surface area (Å²) in [5, 5.41) is 4.20. The van der Waals surface area contributed by atoms with Crippen LogP contribution in [-0.2, 0) is 6.54 Å². The molecule has 1 atom stereocenters. The van der Waals surface area contributed by atoms with Crippen LogP contribution in [0.3, 0.4) is 0 Å². The van der Waals surface area contributed by atoms with Crippen molar-refractivity contribution in [3.63, 3.8) is 0 Å². The highest BCUT2D eigenvalue weighted by atomic mass is 15.3. The first-order valence-electron chi connectivity index (χ1n) is 6.79. The monoisotopic (exact) mass is 236 g/mol. The van der Waals surface area contributed by atoms with Crippen LogP contribution in [-0.4, -0.2) is 39.3 Å². The lowest BCUT2D eigenvalue weighted by Gasteiger charge is -2.33. The van der Waals surface area contributed by atoms with Crippen LogP contribution in [0.5, 0.6) is 0 Å². The summed E-state index contributed by atoms with van der Waals surface area (Å²) in [7, 11) is 0. The Hall–Kier alpha value is -0.900. The second-order valence-electron chi connectivity index (χ2n) is 5.61. The predicted octanol–water partition coefficient (Wildman–Crippen LogP) is 2.04. The van der Waals surface area contributed by atoms with Crippen molar-refractivity contribution in [2.75, 3.05) is 19.6 Å². The fraction of sp³-hybridized carbons (Fsp3) is 0.846. The average molecular weight is 236 g/mol. The molecule has 0 aliphatic carbocycles. The molecule has 2 heterocycles. The zero-order chi connectivity index (χ0) is 12.1. The van der Waals surface area contributed by atoms with Crippen LogP contribution in [0.15, 0.2) is 12.7 Å². The average Bonchev–Trinajstić information content (AvgIpc) is 2.80. The van der Waals surface area contributed by atoms with Crippen molar-refractivity contribution in [1.82, 2.24) is 19.7 Å². The molecule has 96 valence electrons. The zero-order valence-corrected chi connectivity index (χ0v) is 11.0. The molecular formula is C13H24N4. The van der Waals surface area contributed by atoms with Crippen LogP contribution in [0.25, 0.3) is 0 Å². The molecule has 0 spiro atoms. The van der Waals surface area contributed by atoms with E-state index in [9.17, 15) is 0 Å². The Kier molecular flexibility index (Phi) is 4.54. The quantitative estimate of drug-likeness (QED) is 0.784. The van der Waals surface area contributed by atoms with E-state index in [0.717, 1.165) is 18.4 Å². The smallest absolute Gasteiger partial charge is 0.137 e. The Morgan fingerprint density at radius 3 is 3.00 bits per heavy atom. The fourth-order valence-corrected chi connectivity index (χ4v) is 2.54. The summed E-state index contributed by atoms with van der Waals surface area (Å²) in [6.07, 6.45) is 7.43. The lowest BCUT2D eigenvalue weighted by Crippen LogP contribution is -2.38. The first kappa shape index (κ1) is 12.6. The summed E-state index contributed by atoms with van der Waals surface area (Å²) in [6, 6.07) is 0. The van der Waals surface area contributed by atoms with Gasteiger partial charge in [-0.2, -0.15) is 5.10 Å². The van der Waals surface area contributed by atoms with E-state index in [2.05, 4.69) is 28.8 Å². The van der Waals surface area contributed by atoms with Gasteiger partial charge in [-0.15, -0.1) is 0 Å². The van der Waals surface area contributed by atoms with E-state index in [0.29, 0.717) is 0 Å². The van der Waals surface area contributed by atoms with Crippen LogP contribution >= 0.6 is 0 Å². The molecule has 17 heavy (non-hydrogen) atoms. The molecule has 1 aliphatic rings. The lowest BCUT2D eigenvalue weighted by atomic mass is 9.97. The van der Waals surface area contributed by atoms with E-state index in [1.807, 2.05) is 11.0 Å². The van der Waals surface area contributed by atoms with Crippen molar-refractivity contribution >= 4 is 0 Å². The third kappa shape index (κ3) is 4.11. The molecule has 0 unspecified atom stereocenters. The van der Waals surface area contributed by atoms with E-state index in [1.54, 1.807) is 6.33 Å². The molecule has 0 aromatic carbocycles. The van der Waals surface area contributed by atoms with Gasteiger partial charge in [0.1, 0.15) is 12.7 Å². The Labute approximate surface area is 104 Å². The van der Waals surface area contributed by atoms with Gasteiger partial charge in [0, 0.05) is 13.1 Å². The number of hydrogen-bond acceptors (Lipinski definition) is 3. The molecule has 1 aromatic rings. The number of nitrogens with zero attached hydrogens (tertiary/aromatic N) is 4. The minimum Gasteiger partial charge on any atom is -0.303 e. The van der Waals surface area contributed by atoms with Gasteiger partial charge >= 0.3 is 0 Å². The van der Waals surface area contributed by atoms with Gasteiger partial charge in [0.05, 0.1) is 0 Å². The number of likely N-dealkylation sites (tertiary alicyclic amines) is 1. The standard InChI is InChI=1S/C13H24N4/c1-12(2)5-7-16-6-3-4-13(8-16)9-17-11-14-10-15-17/h10-13H,3-9H2,1-2H3/t13-/m0/s1. The molecule has 0 amide bonds. The van der Waals surface area contributed by atoms with Crippen molar-refractivity contribution in [1.29, 1.82) is 0 Å². The third-order valence-corrected chi connectivity index (χ3v) is 3.54. The van der Waals surface area contributed by atoms with Gasteiger partial charge in [-0.1, -0.05) is 13.8 Å². The lowest BCUT2D eigenvalue weighted by molar-refractivity contribution is 0.153. The van der Waals surface area contributed by atoms with Gasteiger partial charge < -0.3 is 4.90 Å². The van der Waals surface area contributed by atoms with E-state index in [1.165, 1.54) is 38.9 Å². The van der Waals surface area contributed by atoms with E-state index in [4.69, 9.17) is 0 Å². The van der Waals surface area contributed by atoms with E-state index < -0.39 is 0 Å². The van der Waals surface area contributed by atoms with Crippen molar-refractivity contribution in [2.24, 2.45) is 11.8 Å². The molecule has 1 aromatic heterocycles. The summed E-state index contributed by atoms with van der Waals surface area (Å²) in [5.74, 6) is 1.56. The number of aromatic nitrogens is 3. The summed E-state index contributed by atoms with van der Waals surface area (Å²) in [6.45, 7) is 9.39. The van der Waals surface area contributed by atoms with Crippen LogP contribution in [0, 0.1) is 11.8 Å². The van der Waals surface area contributed by atoms with E-state index >= 15 is 0 Å². The highest BCUT2D eigenvalue weighted by molar-refractivity contribution is 4.74. The largest absolute Gasteiger partial charge is 0.303 e. The summed E-state index contributed by atoms with van der Waals surface area (Å²) in [5.41, 5.74) is 0. The van der Waals surface area contributed by atoms with E-state index in [-0.39, 0.29) is 0 Å². The summed E-state index contributed by atoms with van der Waals surface area (Å²) < 4.78 is 1.97. The van der Waals surface area contributed by atoms with Crippen LogP contribution in [0.2, 0.25) is 0 Å². The molecular weight excluding hydrogens is 212 g/mol. The third-order valence-electron chi connectivity index (χ3n) is 3.54. The molecule has 4 heteroatoms. The maximum Gasteiger partial charge on any atom is 0.137 e. The van der Waals surface area contributed by atoms with Gasteiger partial charge in [0.15, 0.2) is 0 Å². The predicted molar refractivity (Wildman–Crippen MR) is 68.6 cm³/mol. The van der Waals surface area contributed by atoms with Crippen molar-refractivity contribution in [3.05, 3.63) is 12.7 Å². The topological polar surface area (TPSA) is 34.0 Å². The Morgan fingerprint density at radius 1 is 1.41 bits per heavy atom. The maximum atomic E-state index is 4.20. The zero-order valence-electron chi connectivity index (χ0n) is 11.0. The minimum absolute atomic E-state index is 0.748. The SMILES string of the molecule is CC(C)CCN1CCC[C@H](Cn2cncn2)C1. The second kappa shape index (κ2) is 6.15. The minimum atomic E-state index is 0.748. The molecule has 0 saturated carbocycles. The summed E-state index contributed by atoms with van der Waals surface area (Å²) in [4.78, 5) is 6.62. The number of piperidine rings is 1. The highest BCUT2D eigenvalue weighted by Crippen LogP contribution is 2.18. The highest BCUT2D eigenvalue weighted by Gasteiger charge is 2.20. The normalized spacial score (nSPS) is 22.2. The second-order valence-corrected chi connectivity index (χ2v) is 5.61. The fourth-order valence-electron chi connectivity index (χ4n) is 2.54. The van der Waals surface area contributed by atoms with Gasteiger partial charge in [-0.3, -0.25) is 4.68 Å². The molecule has 0 radical (unpaired) electrons. The number of rotatable bonds is 5. The van der Waals surface area contributed by atoms with Crippen LogP contribution < -0.4 is 0 Å². The summed E-state index contributed by atoms with van der Waals surface area (Å²) >= 11 is 0. The van der Waals surface area contributed by atoms with Gasteiger partial charge in [0.25, 0.3) is 0 Å². The molecule has 0 N–H and O–H groups in total. The van der Waals surface area contributed by atoms with Crippen molar-refractivity contribution < 1.29 is 0 Å². The first-order valence-corrected chi connectivity index (χ1v) is 6.79. The van der Waals surface area contributed by atoms with Crippen LogP contribution in [0.1, 0.15) is 33.1 Å². The number of hydrogen-bond donors (Lipinski definition) is 0. The molecule has 4 nitrogen and oxygen atoms in total. The molecule has 1 saturated heterocycles. The van der Waals surface area contributed by atoms with Gasteiger partial charge in [-0.25, -0.2) is 4.98 Å². The Balaban J connectivity index is 1.76.